The number of sulfonamides is 1. The molecule has 0 aromatic heterocycles. The zero-order valence-electron chi connectivity index (χ0n) is 12.5. The number of phenolic OH excluding ortho intramolecular Hbond substituents is 1. The van der Waals surface area contributed by atoms with Crippen molar-refractivity contribution in [3.05, 3.63) is 18.2 Å². The number of phenols is 1. The summed E-state index contributed by atoms with van der Waals surface area (Å²) in [4.78, 5) is -0.0613. The molecule has 0 saturated heterocycles. The van der Waals surface area contributed by atoms with Gasteiger partial charge in [0.1, 0.15) is 5.75 Å². The summed E-state index contributed by atoms with van der Waals surface area (Å²) in [6, 6.07) is 3.48. The monoisotopic (exact) mass is 335 g/mol. The van der Waals surface area contributed by atoms with Gasteiger partial charge in [-0.3, -0.25) is 4.72 Å². The summed E-state index contributed by atoms with van der Waals surface area (Å²) in [5, 5.41) is 9.67. The van der Waals surface area contributed by atoms with Crippen LogP contribution in [-0.4, -0.2) is 34.0 Å². The highest BCUT2D eigenvalue weighted by molar-refractivity contribution is 7.92. The zero-order chi connectivity index (χ0) is 16.5. The number of anilines is 1. The molecule has 6 nitrogen and oxygen atoms in total. The molecule has 0 unspecified atom stereocenters. The Morgan fingerprint density at radius 2 is 1.71 bits per heavy atom. The highest BCUT2D eigenvalue weighted by atomic mass is 32.2. The Morgan fingerprint density at radius 3 is 2.19 bits per heavy atom. The maximum Gasteiger partial charge on any atom is 0.232 e. The fourth-order valence-corrected chi connectivity index (χ4v) is 3.62. The van der Waals surface area contributed by atoms with E-state index >= 15 is 0 Å². The van der Waals surface area contributed by atoms with E-state index in [4.69, 9.17) is 0 Å². The summed E-state index contributed by atoms with van der Waals surface area (Å²) in [6.45, 7) is 5.76. The van der Waals surface area contributed by atoms with E-state index in [2.05, 4.69) is 4.72 Å². The average molecular weight is 335 g/mol. The molecule has 0 aliphatic rings. The molecular weight excluding hydrogens is 314 g/mol. The topological polar surface area (TPSA) is 101 Å². The second-order valence-corrected chi connectivity index (χ2v) is 10.0. The molecule has 21 heavy (non-hydrogen) atoms. The summed E-state index contributed by atoms with van der Waals surface area (Å²) >= 11 is 0. The predicted molar refractivity (Wildman–Crippen MR) is 82.7 cm³/mol. The molecule has 0 heterocycles. The van der Waals surface area contributed by atoms with Gasteiger partial charge < -0.3 is 5.11 Å². The second kappa shape index (κ2) is 5.84. The van der Waals surface area contributed by atoms with Crippen LogP contribution in [0.5, 0.6) is 5.75 Å². The van der Waals surface area contributed by atoms with Gasteiger partial charge in [-0.1, -0.05) is 20.8 Å². The van der Waals surface area contributed by atoms with Gasteiger partial charge in [-0.2, -0.15) is 0 Å². The molecule has 2 N–H and O–H groups in total. The van der Waals surface area contributed by atoms with E-state index in [-0.39, 0.29) is 27.5 Å². The quantitative estimate of drug-likeness (QED) is 0.801. The van der Waals surface area contributed by atoms with Gasteiger partial charge in [-0.25, -0.2) is 16.8 Å². The third-order valence-electron chi connectivity index (χ3n) is 2.78. The first-order chi connectivity index (χ1) is 9.30. The summed E-state index contributed by atoms with van der Waals surface area (Å²) in [5.74, 6) is -0.430. The lowest BCUT2D eigenvalue weighted by Crippen LogP contribution is -2.21. The van der Waals surface area contributed by atoms with Crippen LogP contribution in [0.3, 0.4) is 0 Å². The number of nitrogens with one attached hydrogen (secondary N) is 1. The van der Waals surface area contributed by atoms with Crippen molar-refractivity contribution in [2.45, 2.75) is 32.1 Å². The largest absolute Gasteiger partial charge is 0.506 e. The van der Waals surface area contributed by atoms with Gasteiger partial charge in [-0.05, 0) is 30.0 Å². The minimum atomic E-state index is -3.66. The van der Waals surface area contributed by atoms with Crippen LogP contribution in [-0.2, 0) is 19.9 Å². The first kappa shape index (κ1) is 17.8. The standard InChI is InChI=1S/C13H21NO5S2/c1-13(2,3)7-8-21(18,19)14-11-9-10(20(4,16)17)5-6-12(11)15/h5-6,9,14-15H,7-8H2,1-4H3. The molecule has 8 heteroatoms. The van der Waals surface area contributed by atoms with Crippen molar-refractivity contribution in [2.75, 3.05) is 16.7 Å². The summed E-state index contributed by atoms with van der Waals surface area (Å²) in [6.07, 6.45) is 1.45. The van der Waals surface area contributed by atoms with E-state index in [1.165, 1.54) is 6.07 Å². The molecule has 0 aliphatic heterocycles. The van der Waals surface area contributed by atoms with Crippen molar-refractivity contribution in [3.63, 3.8) is 0 Å². The molecule has 0 aliphatic carbocycles. The molecule has 1 aromatic rings. The van der Waals surface area contributed by atoms with Gasteiger partial charge in [0.15, 0.2) is 9.84 Å². The molecule has 0 bridgehead atoms. The van der Waals surface area contributed by atoms with Gasteiger partial charge in [0.25, 0.3) is 0 Å². The molecule has 0 fully saturated rings. The maximum absolute atomic E-state index is 12.0. The lowest BCUT2D eigenvalue weighted by molar-refractivity contribution is 0.397. The predicted octanol–water partition coefficient (Wildman–Crippen LogP) is 1.97. The van der Waals surface area contributed by atoms with Gasteiger partial charge in [0.05, 0.1) is 16.3 Å². The molecule has 0 spiro atoms. The third kappa shape index (κ3) is 5.92. The first-order valence-corrected chi connectivity index (χ1v) is 9.88. The molecule has 0 radical (unpaired) electrons. The van der Waals surface area contributed by atoms with Gasteiger partial charge in [0.2, 0.25) is 10.0 Å². The van der Waals surface area contributed by atoms with Crippen molar-refractivity contribution >= 4 is 25.5 Å². The van der Waals surface area contributed by atoms with Crippen molar-refractivity contribution in [1.82, 2.24) is 0 Å². The zero-order valence-corrected chi connectivity index (χ0v) is 14.2. The molecular formula is C13H21NO5S2. The molecule has 0 atom stereocenters. The average Bonchev–Trinajstić information content (AvgIpc) is 2.27. The van der Waals surface area contributed by atoms with Gasteiger partial charge in [0, 0.05) is 6.26 Å². The minimum Gasteiger partial charge on any atom is -0.506 e. The molecule has 1 aromatic carbocycles. The smallest absolute Gasteiger partial charge is 0.232 e. The fourth-order valence-electron chi connectivity index (χ4n) is 1.49. The van der Waals surface area contributed by atoms with E-state index in [1.54, 1.807) is 0 Å². The number of benzene rings is 1. The molecule has 1 rings (SSSR count). The van der Waals surface area contributed by atoms with Crippen LogP contribution in [0.4, 0.5) is 5.69 Å². The van der Waals surface area contributed by atoms with Crippen LogP contribution in [0.15, 0.2) is 23.1 Å². The highest BCUT2D eigenvalue weighted by Crippen LogP contribution is 2.28. The molecule has 120 valence electrons. The highest BCUT2D eigenvalue weighted by Gasteiger charge is 2.19. The Balaban J connectivity index is 3.02. The lowest BCUT2D eigenvalue weighted by Gasteiger charge is -2.18. The van der Waals surface area contributed by atoms with E-state index in [9.17, 15) is 21.9 Å². The second-order valence-electron chi connectivity index (χ2n) is 6.18. The lowest BCUT2D eigenvalue weighted by atomic mass is 9.94. The Hall–Kier alpha value is -1.28. The number of hydrogen-bond acceptors (Lipinski definition) is 5. The van der Waals surface area contributed by atoms with E-state index in [0.29, 0.717) is 6.42 Å². The van der Waals surface area contributed by atoms with Crippen LogP contribution in [0.25, 0.3) is 0 Å². The van der Waals surface area contributed by atoms with Crippen molar-refractivity contribution < 1.29 is 21.9 Å². The first-order valence-electron chi connectivity index (χ1n) is 6.34. The van der Waals surface area contributed by atoms with Gasteiger partial charge in [-0.15, -0.1) is 0 Å². The number of aromatic hydroxyl groups is 1. The number of hydrogen-bond donors (Lipinski definition) is 2. The van der Waals surface area contributed by atoms with E-state index in [1.807, 2.05) is 20.8 Å². The fraction of sp³-hybridized carbons (Fsp3) is 0.538. The van der Waals surface area contributed by atoms with Crippen LogP contribution in [0, 0.1) is 5.41 Å². The number of sulfone groups is 1. The van der Waals surface area contributed by atoms with Crippen molar-refractivity contribution in [1.29, 1.82) is 0 Å². The summed E-state index contributed by atoms with van der Waals surface area (Å²) in [5.41, 5.74) is -0.280. The van der Waals surface area contributed by atoms with E-state index < -0.39 is 19.9 Å². The Bertz CT molecular complexity index is 715. The molecule has 0 amide bonds. The van der Waals surface area contributed by atoms with Crippen LogP contribution in [0.1, 0.15) is 27.2 Å². The third-order valence-corrected chi connectivity index (χ3v) is 5.17. The normalized spacial score (nSPS) is 13.1. The van der Waals surface area contributed by atoms with Gasteiger partial charge >= 0.3 is 0 Å². The van der Waals surface area contributed by atoms with Crippen molar-refractivity contribution in [3.8, 4) is 5.75 Å². The SMILES string of the molecule is CC(C)(C)CCS(=O)(=O)Nc1cc(S(C)(=O)=O)ccc1O. The van der Waals surface area contributed by atoms with Crippen LogP contribution in [0.2, 0.25) is 0 Å². The molecule has 0 saturated carbocycles. The summed E-state index contributed by atoms with van der Waals surface area (Å²) < 4.78 is 49.1. The Labute approximate surface area is 126 Å². The van der Waals surface area contributed by atoms with Crippen LogP contribution >= 0.6 is 0 Å². The summed E-state index contributed by atoms with van der Waals surface area (Å²) in [7, 11) is -7.14. The Morgan fingerprint density at radius 1 is 1.14 bits per heavy atom. The van der Waals surface area contributed by atoms with E-state index in [0.717, 1.165) is 18.4 Å². The van der Waals surface area contributed by atoms with Crippen LogP contribution < -0.4 is 4.72 Å². The maximum atomic E-state index is 12.0. The number of rotatable bonds is 5. The minimum absolute atomic E-state index is 0.0613. The van der Waals surface area contributed by atoms with Crippen molar-refractivity contribution in [2.24, 2.45) is 5.41 Å². The Kier molecular flexibility index (Phi) is 4.94.